The summed E-state index contributed by atoms with van der Waals surface area (Å²) in [7, 11) is 0. The van der Waals surface area contributed by atoms with Gasteiger partial charge in [0.15, 0.2) is 0 Å². The predicted octanol–water partition coefficient (Wildman–Crippen LogP) is 1.85. The van der Waals surface area contributed by atoms with Crippen molar-refractivity contribution in [2.45, 2.75) is 26.7 Å². The number of para-hydroxylation sites is 1. The molecule has 0 aliphatic rings. The summed E-state index contributed by atoms with van der Waals surface area (Å²) in [6.07, 6.45) is 4.90. The maximum Gasteiger partial charge on any atom is 0.356 e. The van der Waals surface area contributed by atoms with Crippen LogP contribution in [0.25, 0.3) is 5.69 Å². The van der Waals surface area contributed by atoms with Gasteiger partial charge in [0, 0.05) is 6.54 Å². The number of aromatic nitrogens is 3. The molecular weight excluding hydrogens is 278 g/mol. The number of anilines is 1. The molecule has 2 N–H and O–H groups in total. The Morgan fingerprint density at radius 3 is 2.50 bits per heavy atom. The van der Waals surface area contributed by atoms with Gasteiger partial charge in [-0.15, -0.1) is 6.58 Å². The highest BCUT2D eigenvalue weighted by molar-refractivity contribution is 5.48. The Balaban J connectivity index is 2.42. The van der Waals surface area contributed by atoms with Gasteiger partial charge >= 0.3 is 5.69 Å². The molecule has 6 nitrogen and oxygen atoms in total. The van der Waals surface area contributed by atoms with Gasteiger partial charge in [-0.2, -0.15) is 4.98 Å². The first-order valence-corrected chi connectivity index (χ1v) is 7.37. The van der Waals surface area contributed by atoms with E-state index in [0.29, 0.717) is 6.54 Å². The summed E-state index contributed by atoms with van der Waals surface area (Å²) in [4.78, 5) is 20.5. The van der Waals surface area contributed by atoms with Crippen molar-refractivity contribution >= 4 is 5.95 Å². The molecule has 2 aromatic rings. The maximum absolute atomic E-state index is 12.3. The fourth-order valence-electron chi connectivity index (χ4n) is 2.28. The molecule has 0 aliphatic heterocycles. The van der Waals surface area contributed by atoms with E-state index in [1.807, 2.05) is 18.2 Å². The number of hydrogen-bond donors (Lipinski definition) is 2. The van der Waals surface area contributed by atoms with Gasteiger partial charge in [0.25, 0.3) is 0 Å². The quantitative estimate of drug-likeness (QED) is 0.464. The summed E-state index contributed by atoms with van der Waals surface area (Å²) < 4.78 is 1.51. The van der Waals surface area contributed by atoms with Gasteiger partial charge in [-0.3, -0.25) is 9.99 Å². The van der Waals surface area contributed by atoms with E-state index in [1.54, 1.807) is 6.08 Å². The fraction of sp³-hybridized carbons (Fsp3) is 0.312. The molecule has 0 atom stereocenters. The lowest BCUT2D eigenvalue weighted by Gasteiger charge is -2.14. The molecule has 0 saturated carbocycles. The van der Waals surface area contributed by atoms with Crippen LogP contribution in [0.1, 0.15) is 25.0 Å². The van der Waals surface area contributed by atoms with E-state index in [2.05, 4.69) is 41.2 Å². The minimum atomic E-state index is -0.353. The molecule has 0 bridgehead atoms. The highest BCUT2D eigenvalue weighted by Gasteiger charge is 2.11. The molecule has 1 aromatic carbocycles. The van der Waals surface area contributed by atoms with E-state index in [0.717, 1.165) is 29.7 Å². The standard InChI is InChI=1S/C16H21N5O/c1-4-10-18-20-15-17-11-21(16(22)19-15)14-12(5-2)8-7-9-13(14)6-3/h4,7-9,11,18H,1,5-6,10H2,2-3H3,(H,19,20,22). The molecule has 6 heteroatoms. The van der Waals surface area contributed by atoms with Crippen molar-refractivity contribution in [3.8, 4) is 5.69 Å². The average molecular weight is 299 g/mol. The summed E-state index contributed by atoms with van der Waals surface area (Å²) in [5.74, 6) is 0.245. The molecule has 1 aromatic heterocycles. The van der Waals surface area contributed by atoms with E-state index in [9.17, 15) is 4.79 Å². The normalized spacial score (nSPS) is 10.5. The SMILES string of the molecule is C=CCNNc1ncn(-c2c(CC)cccc2CC)c(=O)n1. The Labute approximate surface area is 129 Å². The van der Waals surface area contributed by atoms with Crippen LogP contribution in [0.15, 0.2) is 42.0 Å². The predicted molar refractivity (Wildman–Crippen MR) is 88.2 cm³/mol. The van der Waals surface area contributed by atoms with Gasteiger partial charge in [-0.05, 0) is 24.0 Å². The zero-order chi connectivity index (χ0) is 15.9. The van der Waals surface area contributed by atoms with Crippen LogP contribution >= 0.6 is 0 Å². The summed E-state index contributed by atoms with van der Waals surface area (Å²) >= 11 is 0. The molecular formula is C16H21N5O. The van der Waals surface area contributed by atoms with Gasteiger partial charge in [-0.1, -0.05) is 38.1 Å². The van der Waals surface area contributed by atoms with E-state index in [1.165, 1.54) is 10.9 Å². The molecule has 2 rings (SSSR count). The maximum atomic E-state index is 12.3. The van der Waals surface area contributed by atoms with Crippen molar-refractivity contribution in [1.29, 1.82) is 0 Å². The summed E-state index contributed by atoms with van der Waals surface area (Å²) in [5, 5.41) is 0. The first-order valence-electron chi connectivity index (χ1n) is 7.37. The Morgan fingerprint density at radius 1 is 1.27 bits per heavy atom. The molecule has 0 radical (unpaired) electrons. The van der Waals surface area contributed by atoms with Crippen LogP contribution < -0.4 is 16.5 Å². The Morgan fingerprint density at radius 2 is 1.95 bits per heavy atom. The van der Waals surface area contributed by atoms with E-state index >= 15 is 0 Å². The Hall–Kier alpha value is -2.47. The molecule has 22 heavy (non-hydrogen) atoms. The van der Waals surface area contributed by atoms with Crippen LogP contribution in [0.3, 0.4) is 0 Å². The van der Waals surface area contributed by atoms with Gasteiger partial charge in [-0.25, -0.2) is 15.2 Å². The average Bonchev–Trinajstić information content (AvgIpc) is 2.54. The Kier molecular flexibility index (Phi) is 5.43. The van der Waals surface area contributed by atoms with Crippen molar-refractivity contribution in [2.75, 3.05) is 12.0 Å². The second-order valence-electron chi connectivity index (χ2n) is 4.76. The molecule has 0 saturated heterocycles. The third-order valence-corrected chi connectivity index (χ3v) is 3.36. The molecule has 0 aliphatic carbocycles. The zero-order valence-electron chi connectivity index (χ0n) is 13.0. The molecule has 0 spiro atoms. The van der Waals surface area contributed by atoms with E-state index < -0.39 is 0 Å². The molecule has 0 unspecified atom stereocenters. The van der Waals surface area contributed by atoms with Gasteiger partial charge < -0.3 is 0 Å². The molecule has 0 fully saturated rings. The van der Waals surface area contributed by atoms with Crippen LogP contribution in [0.5, 0.6) is 0 Å². The number of hydrazine groups is 1. The summed E-state index contributed by atoms with van der Waals surface area (Å²) in [5.41, 5.74) is 8.36. The third-order valence-electron chi connectivity index (χ3n) is 3.36. The summed E-state index contributed by atoms with van der Waals surface area (Å²) in [6.45, 7) is 8.28. The smallest absolute Gasteiger partial charge is 0.289 e. The molecule has 1 heterocycles. The summed E-state index contributed by atoms with van der Waals surface area (Å²) in [6, 6.07) is 6.07. The number of rotatable bonds is 7. The topological polar surface area (TPSA) is 71.8 Å². The van der Waals surface area contributed by atoms with Gasteiger partial charge in [0.2, 0.25) is 5.95 Å². The lowest BCUT2D eigenvalue weighted by molar-refractivity contribution is 0.804. The lowest BCUT2D eigenvalue weighted by Crippen LogP contribution is -2.29. The van der Waals surface area contributed by atoms with Crippen LogP contribution in [-0.4, -0.2) is 21.1 Å². The van der Waals surface area contributed by atoms with E-state index in [4.69, 9.17) is 0 Å². The van der Waals surface area contributed by atoms with Crippen molar-refractivity contribution in [3.63, 3.8) is 0 Å². The van der Waals surface area contributed by atoms with Crippen LogP contribution in [0.4, 0.5) is 5.95 Å². The second kappa shape index (κ2) is 7.51. The van der Waals surface area contributed by atoms with Crippen molar-refractivity contribution < 1.29 is 0 Å². The third kappa shape index (κ3) is 3.40. The number of nitrogens with one attached hydrogen (secondary N) is 2. The second-order valence-corrected chi connectivity index (χ2v) is 4.76. The molecule has 116 valence electrons. The first-order chi connectivity index (χ1) is 10.7. The molecule has 0 amide bonds. The van der Waals surface area contributed by atoms with Crippen LogP contribution in [0.2, 0.25) is 0 Å². The Bertz CT molecular complexity index is 686. The zero-order valence-corrected chi connectivity index (χ0v) is 13.0. The van der Waals surface area contributed by atoms with Crippen LogP contribution in [-0.2, 0) is 12.8 Å². The minimum Gasteiger partial charge on any atom is -0.289 e. The van der Waals surface area contributed by atoms with Crippen molar-refractivity contribution in [1.82, 2.24) is 20.0 Å². The number of aryl methyl sites for hydroxylation is 2. The number of nitrogens with zero attached hydrogens (tertiary/aromatic N) is 3. The highest BCUT2D eigenvalue weighted by atomic mass is 16.1. The van der Waals surface area contributed by atoms with Gasteiger partial charge in [0.05, 0.1) is 5.69 Å². The van der Waals surface area contributed by atoms with Crippen LogP contribution in [0, 0.1) is 0 Å². The number of hydrogen-bond acceptors (Lipinski definition) is 5. The highest BCUT2D eigenvalue weighted by Crippen LogP contribution is 2.19. The monoisotopic (exact) mass is 299 g/mol. The minimum absolute atomic E-state index is 0.245. The van der Waals surface area contributed by atoms with E-state index in [-0.39, 0.29) is 11.6 Å². The van der Waals surface area contributed by atoms with Crippen molar-refractivity contribution in [3.05, 3.63) is 58.8 Å². The fourth-order valence-corrected chi connectivity index (χ4v) is 2.28. The number of benzene rings is 1. The first kappa shape index (κ1) is 15.9. The van der Waals surface area contributed by atoms with Gasteiger partial charge in [0.1, 0.15) is 6.33 Å². The van der Waals surface area contributed by atoms with Crippen molar-refractivity contribution in [2.24, 2.45) is 0 Å². The lowest BCUT2D eigenvalue weighted by atomic mass is 10.0. The largest absolute Gasteiger partial charge is 0.356 e.